The molecule has 0 saturated carbocycles. The first-order chi connectivity index (χ1) is 14.1. The summed E-state index contributed by atoms with van der Waals surface area (Å²) in [5.41, 5.74) is 0.528. The summed E-state index contributed by atoms with van der Waals surface area (Å²) in [6, 6.07) is 10.8. The van der Waals surface area contributed by atoms with Crippen LogP contribution in [0.4, 0.5) is 18.9 Å². The van der Waals surface area contributed by atoms with Crippen molar-refractivity contribution in [2.24, 2.45) is 0 Å². The Morgan fingerprint density at radius 2 is 1.77 bits per heavy atom. The first-order valence-electron chi connectivity index (χ1n) is 9.28. The van der Waals surface area contributed by atoms with Gasteiger partial charge in [0.15, 0.2) is 0 Å². The summed E-state index contributed by atoms with van der Waals surface area (Å²) in [6.07, 6.45) is -4.07. The number of amides is 1. The van der Waals surface area contributed by atoms with E-state index in [1.807, 2.05) is 11.8 Å². The fourth-order valence-corrected chi connectivity index (χ4v) is 3.30. The molecular weight excluding hydrogens is 401 g/mol. The Bertz CT molecular complexity index is 902. The van der Waals surface area contributed by atoms with Gasteiger partial charge in [0, 0.05) is 19.2 Å². The van der Waals surface area contributed by atoms with Gasteiger partial charge in [0.25, 0.3) is 0 Å². The van der Waals surface area contributed by atoms with Crippen molar-refractivity contribution in [3.05, 3.63) is 48.0 Å². The van der Waals surface area contributed by atoms with Crippen molar-refractivity contribution in [3.8, 4) is 17.2 Å². The van der Waals surface area contributed by atoms with Crippen LogP contribution in [-0.4, -0.2) is 43.5 Å². The number of anilines is 1. The third-order valence-corrected chi connectivity index (χ3v) is 5.24. The van der Waals surface area contributed by atoms with Gasteiger partial charge in [-0.15, -0.1) is 13.2 Å². The highest BCUT2D eigenvalue weighted by atomic mass is 19.4. The zero-order valence-electron chi connectivity index (χ0n) is 16.9. The number of ether oxygens (including phenoxy) is 3. The molecule has 6 nitrogen and oxygen atoms in total. The van der Waals surface area contributed by atoms with Gasteiger partial charge >= 0.3 is 6.36 Å². The number of alkyl halides is 3. The molecule has 1 aliphatic heterocycles. The molecule has 1 N–H and O–H groups in total. The minimum absolute atomic E-state index is 0.197. The Morgan fingerprint density at radius 3 is 2.30 bits per heavy atom. The molecule has 0 aliphatic carbocycles. The van der Waals surface area contributed by atoms with Crippen LogP contribution in [0.2, 0.25) is 0 Å². The van der Waals surface area contributed by atoms with E-state index in [2.05, 4.69) is 10.1 Å². The number of nitrogens with zero attached hydrogens (tertiary/aromatic N) is 1. The van der Waals surface area contributed by atoms with E-state index in [1.54, 1.807) is 30.3 Å². The van der Waals surface area contributed by atoms with Crippen molar-refractivity contribution in [2.75, 3.05) is 26.1 Å². The van der Waals surface area contributed by atoms with Crippen molar-refractivity contribution < 1.29 is 32.2 Å². The van der Waals surface area contributed by atoms with E-state index in [-0.39, 0.29) is 11.7 Å². The van der Waals surface area contributed by atoms with Crippen LogP contribution in [0, 0.1) is 0 Å². The number of benzene rings is 2. The summed E-state index contributed by atoms with van der Waals surface area (Å²) in [4.78, 5) is 15.0. The van der Waals surface area contributed by atoms with Gasteiger partial charge in [-0.3, -0.25) is 9.69 Å². The van der Waals surface area contributed by atoms with Crippen LogP contribution in [0.15, 0.2) is 42.5 Å². The van der Waals surface area contributed by atoms with E-state index >= 15 is 0 Å². The largest absolute Gasteiger partial charge is 0.573 e. The average Bonchev–Trinajstić information content (AvgIpc) is 2.70. The van der Waals surface area contributed by atoms with Crippen LogP contribution in [0.3, 0.4) is 0 Å². The maximum atomic E-state index is 13.0. The van der Waals surface area contributed by atoms with Crippen molar-refractivity contribution >= 4 is 11.6 Å². The molecule has 1 amide bonds. The van der Waals surface area contributed by atoms with E-state index in [0.29, 0.717) is 36.7 Å². The number of hydrogen-bond acceptors (Lipinski definition) is 5. The standard InChI is InChI=1S/C21H23F3N2O4/c1-20(19(27)25-17-12-16(28-2)8-9-18(17)29-3)10-11-26(20)13-14-4-6-15(7-5-14)30-21(22,23)24/h4-9,12H,10-11,13H2,1-3H3,(H,25,27). The monoisotopic (exact) mass is 424 g/mol. The van der Waals surface area contributed by atoms with E-state index < -0.39 is 11.9 Å². The Morgan fingerprint density at radius 1 is 1.10 bits per heavy atom. The van der Waals surface area contributed by atoms with Crippen molar-refractivity contribution in [3.63, 3.8) is 0 Å². The molecule has 9 heteroatoms. The molecule has 3 rings (SSSR count). The van der Waals surface area contributed by atoms with E-state index in [0.717, 1.165) is 5.56 Å². The number of methoxy groups -OCH3 is 2. The number of halogens is 3. The lowest BCUT2D eigenvalue weighted by Crippen LogP contribution is -2.63. The topological polar surface area (TPSA) is 60.0 Å². The predicted molar refractivity (Wildman–Crippen MR) is 105 cm³/mol. The lowest BCUT2D eigenvalue weighted by atomic mass is 9.85. The molecule has 2 aromatic rings. The van der Waals surface area contributed by atoms with Gasteiger partial charge < -0.3 is 19.5 Å². The van der Waals surface area contributed by atoms with Crippen LogP contribution in [-0.2, 0) is 11.3 Å². The Balaban J connectivity index is 1.68. The van der Waals surface area contributed by atoms with Gasteiger partial charge in [0.1, 0.15) is 17.2 Å². The van der Waals surface area contributed by atoms with Gasteiger partial charge in [0.2, 0.25) is 5.91 Å². The molecule has 1 fully saturated rings. The van der Waals surface area contributed by atoms with Crippen molar-refractivity contribution in [1.29, 1.82) is 0 Å². The molecule has 0 spiro atoms. The molecule has 0 aromatic heterocycles. The lowest BCUT2D eigenvalue weighted by Gasteiger charge is -2.49. The van der Waals surface area contributed by atoms with E-state index in [9.17, 15) is 18.0 Å². The normalized spacial score (nSPS) is 19.0. The molecule has 162 valence electrons. The maximum Gasteiger partial charge on any atom is 0.573 e. The summed E-state index contributed by atoms with van der Waals surface area (Å²) >= 11 is 0. The summed E-state index contributed by atoms with van der Waals surface area (Å²) in [5.74, 6) is 0.625. The fraction of sp³-hybridized carbons (Fsp3) is 0.381. The number of carbonyl (C=O) groups excluding carboxylic acids is 1. The summed E-state index contributed by atoms with van der Waals surface area (Å²) in [6.45, 7) is 2.95. The number of hydrogen-bond donors (Lipinski definition) is 1. The Hall–Kier alpha value is -2.94. The van der Waals surface area contributed by atoms with Crippen molar-refractivity contribution in [2.45, 2.75) is 31.8 Å². The minimum Gasteiger partial charge on any atom is -0.497 e. The van der Waals surface area contributed by atoms with Gasteiger partial charge in [-0.25, -0.2) is 0 Å². The predicted octanol–water partition coefficient (Wildman–Crippen LogP) is 4.21. The van der Waals surface area contributed by atoms with Crippen LogP contribution < -0.4 is 19.5 Å². The molecule has 0 radical (unpaired) electrons. The molecule has 1 unspecified atom stereocenters. The smallest absolute Gasteiger partial charge is 0.497 e. The average molecular weight is 424 g/mol. The number of nitrogens with one attached hydrogen (secondary N) is 1. The highest BCUT2D eigenvalue weighted by molar-refractivity contribution is 5.99. The molecule has 1 saturated heterocycles. The van der Waals surface area contributed by atoms with E-state index in [4.69, 9.17) is 9.47 Å². The highest BCUT2D eigenvalue weighted by Crippen LogP contribution is 2.36. The fourth-order valence-electron chi connectivity index (χ4n) is 3.30. The van der Waals surface area contributed by atoms with Crippen LogP contribution >= 0.6 is 0 Å². The lowest BCUT2D eigenvalue weighted by molar-refractivity contribution is -0.274. The third kappa shape index (κ3) is 4.79. The first kappa shape index (κ1) is 21.8. The summed E-state index contributed by atoms with van der Waals surface area (Å²) in [7, 11) is 3.05. The second-order valence-electron chi connectivity index (χ2n) is 7.16. The minimum atomic E-state index is -4.73. The van der Waals surface area contributed by atoms with Crippen LogP contribution in [0.1, 0.15) is 18.9 Å². The molecule has 1 heterocycles. The quantitative estimate of drug-likeness (QED) is 0.722. The Kier molecular flexibility index (Phi) is 6.12. The second kappa shape index (κ2) is 8.43. The van der Waals surface area contributed by atoms with Crippen LogP contribution in [0.25, 0.3) is 0 Å². The SMILES string of the molecule is COc1ccc(OC)c(NC(=O)C2(C)CCN2Cc2ccc(OC(F)(F)F)cc2)c1. The zero-order chi connectivity index (χ0) is 21.9. The molecule has 1 atom stereocenters. The molecule has 2 aromatic carbocycles. The second-order valence-corrected chi connectivity index (χ2v) is 7.16. The number of carbonyl (C=O) groups is 1. The number of likely N-dealkylation sites (tertiary alicyclic amines) is 1. The molecule has 30 heavy (non-hydrogen) atoms. The van der Waals surface area contributed by atoms with Gasteiger partial charge in [-0.1, -0.05) is 12.1 Å². The van der Waals surface area contributed by atoms with Gasteiger partial charge in [0.05, 0.1) is 25.4 Å². The molecule has 1 aliphatic rings. The van der Waals surface area contributed by atoms with Crippen molar-refractivity contribution in [1.82, 2.24) is 4.90 Å². The van der Waals surface area contributed by atoms with Gasteiger partial charge in [-0.05, 0) is 43.2 Å². The molecular formula is C21H23F3N2O4. The zero-order valence-corrected chi connectivity index (χ0v) is 16.9. The first-order valence-corrected chi connectivity index (χ1v) is 9.28. The summed E-state index contributed by atoms with van der Waals surface area (Å²) < 4.78 is 51.3. The van der Waals surface area contributed by atoms with Gasteiger partial charge in [-0.2, -0.15) is 0 Å². The Labute approximate surface area is 172 Å². The third-order valence-electron chi connectivity index (χ3n) is 5.24. The highest BCUT2D eigenvalue weighted by Gasteiger charge is 2.46. The molecule has 0 bridgehead atoms. The van der Waals surface area contributed by atoms with Crippen LogP contribution in [0.5, 0.6) is 17.2 Å². The van der Waals surface area contributed by atoms with E-state index in [1.165, 1.54) is 26.4 Å². The summed E-state index contributed by atoms with van der Waals surface area (Å²) in [5, 5.41) is 2.90. The maximum absolute atomic E-state index is 13.0. The number of rotatable bonds is 7.